The molecule has 1 rings (SSSR count). The van der Waals surface area contributed by atoms with Gasteiger partial charge in [0.15, 0.2) is 0 Å². The molecule has 0 heterocycles. The molecule has 1 atom stereocenters. The summed E-state index contributed by atoms with van der Waals surface area (Å²) < 4.78 is 11.2. The highest BCUT2D eigenvalue weighted by Gasteiger charge is 2.30. The van der Waals surface area contributed by atoms with Gasteiger partial charge >= 0.3 is 0 Å². The van der Waals surface area contributed by atoms with Crippen molar-refractivity contribution in [3.05, 3.63) is 36.2 Å². The molecule has 89 valence electrons. The van der Waals surface area contributed by atoms with Crippen molar-refractivity contribution in [3.63, 3.8) is 0 Å². The number of rotatable bonds is 5. The van der Waals surface area contributed by atoms with Crippen LogP contribution < -0.4 is 4.74 Å². The third-order valence-electron chi connectivity index (χ3n) is 2.50. The topological polar surface area (TPSA) is 18.5 Å². The van der Waals surface area contributed by atoms with Gasteiger partial charge in [-0.3, -0.25) is 0 Å². The molecule has 0 fully saturated rings. The number of methoxy groups -OCH3 is 1. The third-order valence-corrected chi connectivity index (χ3v) is 2.73. The first-order valence-electron chi connectivity index (χ1n) is 5.26. The molecule has 16 heavy (non-hydrogen) atoms. The van der Waals surface area contributed by atoms with E-state index in [1.807, 2.05) is 32.0 Å². The van der Waals surface area contributed by atoms with E-state index in [0.717, 1.165) is 5.75 Å². The van der Waals surface area contributed by atoms with Gasteiger partial charge in [0, 0.05) is 12.1 Å². The molecular formula is C13H18ClO2. The lowest BCUT2D eigenvalue weighted by molar-refractivity contribution is -0.0512. The molecule has 0 aromatic heterocycles. The van der Waals surface area contributed by atoms with Crippen molar-refractivity contribution in [2.24, 2.45) is 0 Å². The monoisotopic (exact) mass is 241 g/mol. The van der Waals surface area contributed by atoms with E-state index in [-0.39, 0.29) is 6.10 Å². The molecule has 0 N–H and O–H groups in total. The Balaban J connectivity index is 2.79. The van der Waals surface area contributed by atoms with Crippen LogP contribution >= 0.6 is 11.6 Å². The van der Waals surface area contributed by atoms with E-state index in [1.54, 1.807) is 13.2 Å². The van der Waals surface area contributed by atoms with Gasteiger partial charge in [-0.25, -0.2) is 0 Å². The Bertz CT molecular complexity index is 332. The quantitative estimate of drug-likeness (QED) is 0.782. The maximum atomic E-state index is 5.90. The van der Waals surface area contributed by atoms with E-state index >= 15 is 0 Å². The van der Waals surface area contributed by atoms with Gasteiger partial charge in [-0.05, 0) is 38.5 Å². The molecule has 1 radical (unpaired) electrons. The Kier molecular flexibility index (Phi) is 4.63. The van der Waals surface area contributed by atoms with Crippen LogP contribution in [0.1, 0.15) is 20.3 Å². The summed E-state index contributed by atoms with van der Waals surface area (Å²) in [5.41, 5.74) is -0.429. The van der Waals surface area contributed by atoms with Crippen LogP contribution in [0.2, 0.25) is 5.02 Å². The van der Waals surface area contributed by atoms with Gasteiger partial charge in [0.05, 0.1) is 6.10 Å². The van der Waals surface area contributed by atoms with Crippen LogP contribution in [-0.4, -0.2) is 18.8 Å². The average Bonchev–Trinajstić information content (AvgIpc) is 2.18. The molecule has 0 amide bonds. The molecule has 0 aliphatic heterocycles. The van der Waals surface area contributed by atoms with E-state index in [2.05, 4.69) is 6.92 Å². The number of hydrogen-bond acceptors (Lipinski definition) is 2. The summed E-state index contributed by atoms with van der Waals surface area (Å²) in [7, 11) is 1.67. The maximum Gasteiger partial charge on any atom is 0.129 e. The fourth-order valence-corrected chi connectivity index (χ4v) is 1.83. The Labute approximate surface area is 103 Å². The number of benzene rings is 1. The lowest BCUT2D eigenvalue weighted by Crippen LogP contribution is -2.42. The predicted molar refractivity (Wildman–Crippen MR) is 66.9 cm³/mol. The zero-order valence-electron chi connectivity index (χ0n) is 10.00. The van der Waals surface area contributed by atoms with E-state index < -0.39 is 5.60 Å². The summed E-state index contributed by atoms with van der Waals surface area (Å²) in [6.07, 6.45) is 0.607. The summed E-state index contributed by atoms with van der Waals surface area (Å²) in [5, 5.41) is 0.664. The zero-order chi connectivity index (χ0) is 12.2. The number of ether oxygens (including phenoxy) is 2. The van der Waals surface area contributed by atoms with Crippen LogP contribution in [0, 0.1) is 6.92 Å². The fraction of sp³-hybridized carbons (Fsp3) is 0.462. The minimum atomic E-state index is -0.429. The van der Waals surface area contributed by atoms with Gasteiger partial charge in [-0.15, -0.1) is 0 Å². The van der Waals surface area contributed by atoms with Crippen molar-refractivity contribution in [2.45, 2.75) is 32.0 Å². The van der Waals surface area contributed by atoms with Crippen molar-refractivity contribution < 1.29 is 9.47 Å². The Morgan fingerprint density at radius 3 is 2.62 bits per heavy atom. The van der Waals surface area contributed by atoms with E-state index in [4.69, 9.17) is 21.1 Å². The molecule has 1 aromatic rings. The fourth-order valence-electron chi connectivity index (χ4n) is 1.65. The SMILES string of the molecule is [CH2]CC(OC)C(C)(C)Oc1cccc(Cl)c1. The van der Waals surface area contributed by atoms with Gasteiger partial charge in [0.2, 0.25) is 0 Å². The largest absolute Gasteiger partial charge is 0.485 e. The van der Waals surface area contributed by atoms with Gasteiger partial charge < -0.3 is 9.47 Å². The molecule has 2 nitrogen and oxygen atoms in total. The normalized spacial score (nSPS) is 13.6. The minimum Gasteiger partial charge on any atom is -0.485 e. The Hall–Kier alpha value is -0.730. The van der Waals surface area contributed by atoms with Crippen LogP contribution in [0.25, 0.3) is 0 Å². The highest BCUT2D eigenvalue weighted by atomic mass is 35.5. The van der Waals surface area contributed by atoms with Gasteiger partial charge in [-0.2, -0.15) is 0 Å². The molecule has 0 spiro atoms. The molecule has 0 bridgehead atoms. The molecule has 3 heteroatoms. The van der Waals surface area contributed by atoms with Crippen molar-refractivity contribution in [3.8, 4) is 5.75 Å². The molecular weight excluding hydrogens is 224 g/mol. The lowest BCUT2D eigenvalue weighted by Gasteiger charge is -2.33. The summed E-state index contributed by atoms with van der Waals surface area (Å²) in [6.45, 7) is 7.81. The number of hydrogen-bond donors (Lipinski definition) is 0. The minimum absolute atomic E-state index is 0.0496. The molecule has 1 unspecified atom stereocenters. The highest BCUT2D eigenvalue weighted by molar-refractivity contribution is 6.30. The summed E-state index contributed by atoms with van der Waals surface area (Å²) >= 11 is 5.90. The summed E-state index contributed by atoms with van der Waals surface area (Å²) in [5.74, 6) is 0.744. The highest BCUT2D eigenvalue weighted by Crippen LogP contribution is 2.26. The van der Waals surface area contributed by atoms with Crippen LogP contribution in [0.15, 0.2) is 24.3 Å². The van der Waals surface area contributed by atoms with Crippen molar-refractivity contribution in [1.82, 2.24) is 0 Å². The van der Waals surface area contributed by atoms with Gasteiger partial charge in [0.1, 0.15) is 11.4 Å². The smallest absolute Gasteiger partial charge is 0.129 e. The second-order valence-electron chi connectivity index (χ2n) is 4.18. The van der Waals surface area contributed by atoms with E-state index in [0.29, 0.717) is 11.4 Å². The third kappa shape index (κ3) is 3.39. The molecule has 1 aromatic carbocycles. The zero-order valence-corrected chi connectivity index (χ0v) is 10.8. The summed E-state index contributed by atoms with van der Waals surface area (Å²) in [4.78, 5) is 0. The first-order valence-corrected chi connectivity index (χ1v) is 5.64. The molecule has 0 aliphatic carbocycles. The summed E-state index contributed by atoms with van der Waals surface area (Å²) in [6, 6.07) is 7.35. The average molecular weight is 242 g/mol. The van der Waals surface area contributed by atoms with Crippen molar-refractivity contribution >= 4 is 11.6 Å². The van der Waals surface area contributed by atoms with E-state index in [9.17, 15) is 0 Å². The molecule has 0 aliphatic rings. The standard InChI is InChI=1S/C13H18ClO2/c1-5-12(15-4)13(2,3)16-11-8-6-7-10(14)9-11/h6-9,12H,1,5H2,2-4H3. The van der Waals surface area contributed by atoms with Crippen LogP contribution in [0.5, 0.6) is 5.75 Å². The molecule has 0 saturated heterocycles. The second-order valence-corrected chi connectivity index (χ2v) is 4.61. The van der Waals surface area contributed by atoms with Crippen molar-refractivity contribution in [1.29, 1.82) is 0 Å². The Morgan fingerprint density at radius 1 is 1.44 bits per heavy atom. The van der Waals surface area contributed by atoms with Gasteiger partial charge in [0.25, 0.3) is 0 Å². The Morgan fingerprint density at radius 2 is 2.12 bits per heavy atom. The van der Waals surface area contributed by atoms with Crippen LogP contribution in [0.3, 0.4) is 0 Å². The lowest BCUT2D eigenvalue weighted by atomic mass is 9.99. The van der Waals surface area contributed by atoms with Crippen molar-refractivity contribution in [2.75, 3.05) is 7.11 Å². The first kappa shape index (κ1) is 13.3. The van der Waals surface area contributed by atoms with E-state index in [1.165, 1.54) is 0 Å². The number of halogens is 1. The second kappa shape index (κ2) is 5.55. The van der Waals surface area contributed by atoms with Crippen LogP contribution in [-0.2, 0) is 4.74 Å². The van der Waals surface area contributed by atoms with Gasteiger partial charge in [-0.1, -0.05) is 24.6 Å². The maximum absolute atomic E-state index is 5.90. The first-order chi connectivity index (χ1) is 7.49. The predicted octanol–water partition coefficient (Wildman–Crippen LogP) is 3.74. The van der Waals surface area contributed by atoms with Crippen LogP contribution in [0.4, 0.5) is 0 Å². The molecule has 0 saturated carbocycles.